The van der Waals surface area contributed by atoms with Crippen molar-refractivity contribution in [1.82, 2.24) is 0 Å². The molecule has 0 saturated carbocycles. The maximum Gasteiger partial charge on any atom is 0.266 e. The van der Waals surface area contributed by atoms with Crippen molar-refractivity contribution < 1.29 is 9.47 Å². The zero-order valence-corrected chi connectivity index (χ0v) is 19.3. The molecule has 12 heteroatoms. The van der Waals surface area contributed by atoms with Crippen LogP contribution in [0.5, 0.6) is 0 Å². The van der Waals surface area contributed by atoms with Crippen LogP contribution >= 0.6 is 115 Å². The van der Waals surface area contributed by atoms with Gasteiger partial charge in [-0.05, 0) is 0 Å². The lowest BCUT2D eigenvalue weighted by molar-refractivity contribution is 0.0450. The Morgan fingerprint density at radius 1 is 0.773 bits per heavy atom. The van der Waals surface area contributed by atoms with Crippen molar-refractivity contribution in [2.24, 2.45) is 9.98 Å². The molecule has 0 unspecified atom stereocenters. The van der Waals surface area contributed by atoms with E-state index in [1.54, 1.807) is 0 Å². The molecule has 0 amide bonds. The number of hydrogen-bond donors (Lipinski definition) is 0. The Hall–Kier alpha value is 2.14. The minimum Gasteiger partial charge on any atom is -0.468 e. The van der Waals surface area contributed by atoms with E-state index in [0.717, 1.165) is 0 Å². The molecule has 2 aliphatic rings. The lowest BCUT2D eigenvalue weighted by Gasteiger charge is -2.26. The van der Waals surface area contributed by atoms with Crippen molar-refractivity contribution in [1.29, 1.82) is 0 Å². The first-order valence-corrected chi connectivity index (χ1v) is 11.1. The van der Waals surface area contributed by atoms with Gasteiger partial charge in [-0.15, -0.1) is 0 Å². The van der Waals surface area contributed by atoms with Gasteiger partial charge in [0.2, 0.25) is 11.8 Å². The van der Waals surface area contributed by atoms with Crippen molar-refractivity contribution in [2.75, 3.05) is 8.86 Å². The van der Waals surface area contributed by atoms with Crippen LogP contribution in [0.3, 0.4) is 0 Å². The largest absolute Gasteiger partial charge is 0.468 e. The van der Waals surface area contributed by atoms with E-state index in [1.807, 2.05) is 0 Å². The van der Waals surface area contributed by atoms with E-state index in [4.69, 9.17) is 79.1 Å². The van der Waals surface area contributed by atoms with Crippen molar-refractivity contribution in [2.45, 2.75) is 31.9 Å². The number of aliphatic imine (C=N–C) groups is 2. The molecule has 4 atom stereocenters. The first-order valence-electron chi connectivity index (χ1n) is 5.83. The van der Waals surface area contributed by atoms with Gasteiger partial charge in [0.15, 0.2) is 12.2 Å². The second kappa shape index (κ2) is 7.80. The van der Waals surface area contributed by atoms with Gasteiger partial charge in [0.25, 0.3) is 7.59 Å². The lowest BCUT2D eigenvalue weighted by Crippen LogP contribution is -2.44. The number of hydrogen-bond acceptors (Lipinski definition) is 4. The fraction of sp³-hybridized carbons (Fsp3) is 0.800. The van der Waals surface area contributed by atoms with Crippen molar-refractivity contribution in [3.05, 3.63) is 0 Å². The highest BCUT2D eigenvalue weighted by atomic mass is 127. The molecule has 22 heavy (non-hydrogen) atoms. The molecule has 0 bridgehead atoms. The van der Waals surface area contributed by atoms with Crippen molar-refractivity contribution >= 4 is 127 Å². The van der Waals surface area contributed by atoms with E-state index >= 15 is 0 Å². The lowest BCUT2D eigenvalue weighted by atomic mass is 10.0. The summed E-state index contributed by atoms with van der Waals surface area (Å²) in [4.78, 5) is 8.64. The van der Waals surface area contributed by atoms with Crippen LogP contribution in [-0.4, -0.2) is 52.5 Å². The fourth-order valence-corrected chi connectivity index (χ4v) is 3.98. The summed E-state index contributed by atoms with van der Waals surface area (Å²) in [5, 5.41) is 0. The molecule has 0 radical (unpaired) electrons. The van der Waals surface area contributed by atoms with Crippen LogP contribution in [-0.2, 0) is 9.47 Å². The molecule has 2 rings (SSSR count). The second-order valence-electron chi connectivity index (χ2n) is 4.47. The highest BCUT2D eigenvalue weighted by Gasteiger charge is 2.51. The molecular weight excluding hydrogens is 647 g/mol. The number of alkyl halides is 8. The summed E-state index contributed by atoms with van der Waals surface area (Å²) in [7, 11) is 0. The zero-order chi connectivity index (χ0) is 16.7. The molecule has 0 spiro atoms. The summed E-state index contributed by atoms with van der Waals surface area (Å²) in [6.07, 6.45) is -0.924. The average Bonchev–Trinajstić information content (AvgIpc) is 3.00. The SMILES string of the molecule is ClC(Cl)(Cl)C1=N[C@H](CI)[C@@H]([C@@H]2OC(C(Cl)(Cl)Cl)=N[C@H]2CI)O1. The summed E-state index contributed by atoms with van der Waals surface area (Å²) in [6, 6.07) is -0.460. The molecule has 2 heterocycles. The van der Waals surface area contributed by atoms with Crippen molar-refractivity contribution in [3.63, 3.8) is 0 Å². The molecule has 0 aromatic carbocycles. The van der Waals surface area contributed by atoms with Gasteiger partial charge in [-0.2, -0.15) is 0 Å². The quantitative estimate of drug-likeness (QED) is 0.320. The molecule has 0 saturated heterocycles. The van der Waals surface area contributed by atoms with Gasteiger partial charge < -0.3 is 9.47 Å². The molecule has 2 aliphatic heterocycles. The minimum atomic E-state index is -1.73. The minimum absolute atomic E-state index is 0.0438. The summed E-state index contributed by atoms with van der Waals surface area (Å²) >= 11 is 39.4. The molecule has 126 valence electrons. The molecule has 0 N–H and O–H groups in total. The highest BCUT2D eigenvalue weighted by molar-refractivity contribution is 14.1. The predicted molar refractivity (Wildman–Crippen MR) is 111 cm³/mol. The first kappa shape index (κ1) is 20.5. The van der Waals surface area contributed by atoms with E-state index < -0.39 is 19.8 Å². The van der Waals surface area contributed by atoms with Gasteiger partial charge in [0.1, 0.15) is 12.1 Å². The Kier molecular flexibility index (Phi) is 7.25. The fourth-order valence-electron chi connectivity index (χ4n) is 2.02. The zero-order valence-electron chi connectivity index (χ0n) is 10.5. The second-order valence-corrected chi connectivity index (χ2v) is 10.8. The summed E-state index contributed by atoms with van der Waals surface area (Å²) in [5.74, 6) is 0.0876. The van der Waals surface area contributed by atoms with Gasteiger partial charge >= 0.3 is 0 Å². The Morgan fingerprint density at radius 3 is 1.32 bits per heavy atom. The molecule has 0 aromatic heterocycles. The predicted octanol–water partition coefficient (Wildman–Crippen LogP) is 4.93. The van der Waals surface area contributed by atoms with Gasteiger partial charge in [0, 0.05) is 8.86 Å². The molecular formula is C10H8Cl6I2N2O2. The topological polar surface area (TPSA) is 43.2 Å². The van der Waals surface area contributed by atoms with Crippen LogP contribution in [0.25, 0.3) is 0 Å². The first-order chi connectivity index (χ1) is 10.1. The number of nitrogens with zero attached hydrogens (tertiary/aromatic N) is 2. The van der Waals surface area contributed by atoms with Crippen molar-refractivity contribution in [3.8, 4) is 0 Å². The van der Waals surface area contributed by atoms with E-state index in [1.165, 1.54) is 0 Å². The number of ether oxygens (including phenoxy) is 2. The normalized spacial score (nSPS) is 32.4. The van der Waals surface area contributed by atoms with Crippen LogP contribution in [0.15, 0.2) is 9.98 Å². The average molecular weight is 655 g/mol. The third-order valence-electron chi connectivity index (χ3n) is 2.95. The molecule has 4 nitrogen and oxygen atoms in total. The standard InChI is InChI=1S/C10H8Cl6I2N2O2/c11-9(12,13)7-19-3(1-17)5(21-7)6-4(2-18)20-8(22-6)10(14,15)16/h3-6H,1-2H2/t3-,4+,5+,6-. The van der Waals surface area contributed by atoms with Gasteiger partial charge in [0.05, 0.1) is 0 Å². The number of halogens is 8. The van der Waals surface area contributed by atoms with Gasteiger partial charge in [-0.3, -0.25) is 0 Å². The number of rotatable bonds is 3. The Bertz CT molecular complexity index is 449. The van der Waals surface area contributed by atoms with Gasteiger partial charge in [-0.1, -0.05) is 115 Å². The highest BCUT2D eigenvalue weighted by Crippen LogP contribution is 2.39. The van der Waals surface area contributed by atoms with Crippen LogP contribution in [0.1, 0.15) is 0 Å². The summed E-state index contributed by atoms with van der Waals surface area (Å²) < 4.78 is 9.31. The summed E-state index contributed by atoms with van der Waals surface area (Å²) in [5.41, 5.74) is 0. The van der Waals surface area contributed by atoms with Gasteiger partial charge in [-0.25, -0.2) is 9.98 Å². The van der Waals surface area contributed by atoms with E-state index in [9.17, 15) is 0 Å². The third-order valence-corrected chi connectivity index (χ3v) is 5.72. The van der Waals surface area contributed by atoms with Crippen LogP contribution in [0.4, 0.5) is 0 Å². The van der Waals surface area contributed by atoms with Crippen LogP contribution < -0.4 is 0 Å². The monoisotopic (exact) mass is 652 g/mol. The van der Waals surface area contributed by atoms with Crippen LogP contribution in [0.2, 0.25) is 0 Å². The molecule has 0 aliphatic carbocycles. The Balaban J connectivity index is 2.19. The van der Waals surface area contributed by atoms with Crippen LogP contribution in [0, 0.1) is 0 Å². The Morgan fingerprint density at radius 2 is 1.09 bits per heavy atom. The maximum absolute atomic E-state index is 5.84. The smallest absolute Gasteiger partial charge is 0.266 e. The summed E-state index contributed by atoms with van der Waals surface area (Å²) in [6.45, 7) is 0. The Labute approximate surface area is 184 Å². The molecule has 0 fully saturated rings. The maximum atomic E-state index is 5.84. The van der Waals surface area contributed by atoms with E-state index in [2.05, 4.69) is 55.2 Å². The van der Waals surface area contributed by atoms with E-state index in [-0.39, 0.29) is 23.9 Å². The van der Waals surface area contributed by atoms with E-state index in [0.29, 0.717) is 8.86 Å². The molecule has 0 aromatic rings. The third kappa shape index (κ3) is 4.65.